The van der Waals surface area contributed by atoms with Crippen molar-refractivity contribution in [1.29, 1.82) is 5.53 Å². The second-order valence-electron chi connectivity index (χ2n) is 2.48. The summed E-state index contributed by atoms with van der Waals surface area (Å²) in [6.07, 6.45) is 1.22. The van der Waals surface area contributed by atoms with Crippen LogP contribution in [-0.2, 0) is 4.74 Å². The van der Waals surface area contributed by atoms with Crippen LogP contribution in [0.25, 0.3) is 0 Å². The molecule has 0 fully saturated rings. The van der Waals surface area contributed by atoms with E-state index in [1.807, 2.05) is 0 Å². The van der Waals surface area contributed by atoms with Crippen molar-refractivity contribution in [3.63, 3.8) is 0 Å². The number of rotatable bonds is 4. The van der Waals surface area contributed by atoms with Crippen molar-refractivity contribution in [2.75, 3.05) is 13.9 Å². The molecule has 2 N–H and O–H groups in total. The lowest BCUT2D eigenvalue weighted by Gasteiger charge is -2.08. The molecule has 0 aromatic carbocycles. The van der Waals surface area contributed by atoms with Crippen molar-refractivity contribution in [3.8, 4) is 11.5 Å². The van der Waals surface area contributed by atoms with Gasteiger partial charge in [0.05, 0.1) is 0 Å². The van der Waals surface area contributed by atoms with Crippen LogP contribution < -0.4 is 4.74 Å². The summed E-state index contributed by atoms with van der Waals surface area (Å²) < 4.78 is 9.56. The summed E-state index contributed by atoms with van der Waals surface area (Å²) in [7, 11) is 1.39. The first-order valence-electron chi connectivity index (χ1n) is 3.92. The second-order valence-corrected chi connectivity index (χ2v) is 2.48. The van der Waals surface area contributed by atoms with E-state index in [4.69, 9.17) is 10.3 Å². The zero-order valence-electron chi connectivity index (χ0n) is 7.93. The summed E-state index contributed by atoms with van der Waals surface area (Å²) in [6.45, 7) is -0.141. The summed E-state index contributed by atoms with van der Waals surface area (Å²) in [5.74, 6) is -1.29. The number of hydrogen-bond acceptors (Lipinski definition) is 6. The number of ether oxygens (including phenoxy) is 2. The topological polar surface area (TPSA) is 105 Å². The number of pyridine rings is 1. The zero-order valence-corrected chi connectivity index (χ0v) is 7.93. The zero-order chi connectivity index (χ0) is 11.3. The molecule has 0 spiro atoms. The van der Waals surface area contributed by atoms with Crippen LogP contribution in [0.4, 0.5) is 0 Å². The minimum absolute atomic E-state index is 0.139. The van der Waals surface area contributed by atoms with Crippen molar-refractivity contribution in [2.24, 2.45) is 5.11 Å². The van der Waals surface area contributed by atoms with Gasteiger partial charge in [0, 0.05) is 19.4 Å². The van der Waals surface area contributed by atoms with Gasteiger partial charge in [0.1, 0.15) is 0 Å². The van der Waals surface area contributed by atoms with E-state index >= 15 is 0 Å². The predicted octanol–water partition coefficient (Wildman–Crippen LogP) is 0.941. The molecular weight excluding hydrogens is 202 g/mol. The van der Waals surface area contributed by atoms with Gasteiger partial charge < -0.3 is 14.6 Å². The molecule has 1 amide bonds. The van der Waals surface area contributed by atoms with E-state index in [9.17, 15) is 9.90 Å². The first-order chi connectivity index (χ1) is 7.20. The summed E-state index contributed by atoms with van der Waals surface area (Å²) in [5, 5.41) is 12.1. The summed E-state index contributed by atoms with van der Waals surface area (Å²) in [5.41, 5.74) is 6.34. The van der Waals surface area contributed by atoms with E-state index in [2.05, 4.69) is 14.8 Å². The van der Waals surface area contributed by atoms with Crippen LogP contribution in [0.5, 0.6) is 11.5 Å². The number of carbonyl (C=O) groups is 1. The van der Waals surface area contributed by atoms with Gasteiger partial charge in [-0.2, -0.15) is 0 Å². The van der Waals surface area contributed by atoms with Crippen LogP contribution in [0.15, 0.2) is 17.4 Å². The monoisotopic (exact) mass is 211 g/mol. The lowest BCUT2D eigenvalue weighted by molar-refractivity contribution is 0.0479. The highest BCUT2D eigenvalue weighted by Crippen LogP contribution is 2.28. The maximum Gasteiger partial charge on any atom is 0.317 e. The van der Waals surface area contributed by atoms with Gasteiger partial charge in [-0.25, -0.2) is 10.5 Å². The number of amides is 1. The minimum atomic E-state index is -0.892. The van der Waals surface area contributed by atoms with E-state index < -0.39 is 5.91 Å². The number of methoxy groups -OCH3 is 1. The van der Waals surface area contributed by atoms with E-state index in [0.717, 1.165) is 0 Å². The Morgan fingerprint density at radius 3 is 3.07 bits per heavy atom. The van der Waals surface area contributed by atoms with Gasteiger partial charge in [-0.15, -0.1) is 5.11 Å². The Labute approximate surface area is 85.2 Å². The molecule has 0 saturated carbocycles. The SMILES string of the molecule is COCOc1c(O)ccnc1C(=O)N=N. The highest BCUT2D eigenvalue weighted by molar-refractivity contribution is 5.95. The molecule has 1 heterocycles. The first-order valence-corrected chi connectivity index (χ1v) is 3.92. The molecule has 0 aliphatic heterocycles. The molecule has 1 aromatic rings. The number of hydrogen-bond donors (Lipinski definition) is 2. The lowest BCUT2D eigenvalue weighted by Crippen LogP contribution is -2.06. The van der Waals surface area contributed by atoms with Crippen LogP contribution in [0.1, 0.15) is 10.5 Å². The molecule has 1 aromatic heterocycles. The Balaban J connectivity index is 3.08. The van der Waals surface area contributed by atoms with Gasteiger partial charge in [-0.05, 0) is 0 Å². The Morgan fingerprint density at radius 2 is 2.47 bits per heavy atom. The van der Waals surface area contributed by atoms with E-state index in [1.165, 1.54) is 19.4 Å². The van der Waals surface area contributed by atoms with Gasteiger partial charge in [0.25, 0.3) is 0 Å². The third kappa shape index (κ3) is 2.47. The number of carbonyl (C=O) groups excluding carboxylic acids is 1. The van der Waals surface area contributed by atoms with Gasteiger partial charge >= 0.3 is 5.91 Å². The first kappa shape index (κ1) is 11.1. The van der Waals surface area contributed by atoms with Gasteiger partial charge in [0.2, 0.25) is 0 Å². The third-order valence-corrected chi connectivity index (χ3v) is 1.51. The predicted molar refractivity (Wildman–Crippen MR) is 47.9 cm³/mol. The smallest absolute Gasteiger partial charge is 0.317 e. The van der Waals surface area contributed by atoms with Crippen LogP contribution in [0, 0.1) is 5.53 Å². The highest BCUT2D eigenvalue weighted by atomic mass is 16.7. The second kappa shape index (κ2) is 5.01. The van der Waals surface area contributed by atoms with Crippen molar-refractivity contribution >= 4 is 5.91 Å². The largest absolute Gasteiger partial charge is 0.504 e. The fourth-order valence-electron chi connectivity index (χ4n) is 0.903. The Bertz CT molecular complexity index is 380. The van der Waals surface area contributed by atoms with E-state index in [0.29, 0.717) is 0 Å². The molecule has 1 rings (SSSR count). The number of nitrogens with zero attached hydrogens (tertiary/aromatic N) is 2. The molecule has 0 aliphatic carbocycles. The Hall–Kier alpha value is -2.02. The molecule has 7 heteroatoms. The molecular formula is C8H9N3O4. The van der Waals surface area contributed by atoms with Crippen LogP contribution >= 0.6 is 0 Å². The van der Waals surface area contributed by atoms with Crippen LogP contribution in [0.2, 0.25) is 0 Å². The minimum Gasteiger partial charge on any atom is -0.504 e. The van der Waals surface area contributed by atoms with Crippen LogP contribution in [-0.4, -0.2) is 29.9 Å². The molecule has 80 valence electrons. The van der Waals surface area contributed by atoms with Crippen molar-refractivity contribution in [3.05, 3.63) is 18.0 Å². The van der Waals surface area contributed by atoms with E-state index in [-0.39, 0.29) is 24.0 Å². The molecule has 0 radical (unpaired) electrons. The molecule has 0 aliphatic rings. The maximum atomic E-state index is 11.1. The van der Waals surface area contributed by atoms with Crippen molar-refractivity contribution in [1.82, 2.24) is 4.98 Å². The lowest BCUT2D eigenvalue weighted by atomic mass is 10.3. The third-order valence-electron chi connectivity index (χ3n) is 1.51. The van der Waals surface area contributed by atoms with Gasteiger partial charge in [0.15, 0.2) is 24.0 Å². The average Bonchev–Trinajstić information content (AvgIpc) is 2.26. The number of aromatic hydroxyl groups is 1. The van der Waals surface area contributed by atoms with Crippen molar-refractivity contribution < 1.29 is 19.4 Å². The summed E-state index contributed by atoms with van der Waals surface area (Å²) in [6, 6.07) is 1.26. The quantitative estimate of drug-likeness (QED) is 0.569. The molecule has 0 atom stereocenters. The number of nitrogens with one attached hydrogen (secondary N) is 1. The molecule has 15 heavy (non-hydrogen) atoms. The van der Waals surface area contributed by atoms with Gasteiger partial charge in [-0.1, -0.05) is 0 Å². The summed E-state index contributed by atoms with van der Waals surface area (Å²) in [4.78, 5) is 14.8. The fourth-order valence-corrected chi connectivity index (χ4v) is 0.903. The Morgan fingerprint density at radius 1 is 1.73 bits per heavy atom. The normalized spacial score (nSPS) is 9.67. The number of aromatic nitrogens is 1. The van der Waals surface area contributed by atoms with Crippen molar-refractivity contribution in [2.45, 2.75) is 0 Å². The molecule has 7 nitrogen and oxygen atoms in total. The highest BCUT2D eigenvalue weighted by Gasteiger charge is 2.17. The standard InChI is InChI=1S/C8H9N3O4/c1-14-4-15-7-5(12)2-3-10-6(7)8(13)11-9/h2-3,9H,4H2,1H3,(H,10,12). The summed E-state index contributed by atoms with van der Waals surface area (Å²) >= 11 is 0. The fraction of sp³-hybridized carbons (Fsp3) is 0.250. The van der Waals surface area contributed by atoms with Gasteiger partial charge in [-0.3, -0.25) is 4.79 Å². The molecule has 0 saturated heterocycles. The molecule has 0 unspecified atom stereocenters. The van der Waals surface area contributed by atoms with E-state index in [1.54, 1.807) is 0 Å². The molecule has 0 bridgehead atoms. The Kier molecular flexibility index (Phi) is 3.69. The maximum absolute atomic E-state index is 11.1. The van der Waals surface area contributed by atoms with Crippen LogP contribution in [0.3, 0.4) is 0 Å². The average molecular weight is 211 g/mol.